The maximum atomic E-state index is 5.45. The Morgan fingerprint density at radius 3 is 2.50 bits per heavy atom. The summed E-state index contributed by atoms with van der Waals surface area (Å²) in [6, 6.07) is 18.8. The summed E-state index contributed by atoms with van der Waals surface area (Å²) >= 11 is 0. The molecule has 4 heteroatoms. The zero-order chi connectivity index (χ0) is 13.8. The van der Waals surface area contributed by atoms with Crippen LogP contribution in [-0.2, 0) is 4.74 Å². The molecule has 3 rings (SSSR count). The van der Waals surface area contributed by atoms with Gasteiger partial charge in [-0.15, -0.1) is 0 Å². The van der Waals surface area contributed by atoms with Crippen molar-refractivity contribution in [3.8, 4) is 17.2 Å². The lowest BCUT2D eigenvalue weighted by molar-refractivity contribution is 0.348. The number of rotatable bonds is 2. The quantitative estimate of drug-likeness (QED) is 0.669. The number of benzene rings is 2. The average Bonchev–Trinajstić information content (AvgIpc) is 3.03. The monoisotopic (exact) mass is 264 g/mol. The Kier molecular flexibility index (Phi) is 3.34. The molecule has 98 valence electrons. The van der Waals surface area contributed by atoms with Gasteiger partial charge < -0.3 is 4.74 Å². The maximum absolute atomic E-state index is 5.45. The third-order valence-electron chi connectivity index (χ3n) is 3.14. The molecule has 0 saturated heterocycles. The lowest BCUT2D eigenvalue weighted by Gasteiger charge is -2.05. The molecule has 0 atom stereocenters. The number of ether oxygens (including phenoxy) is 1. The molecule has 2 aromatic rings. The molecule has 0 aliphatic carbocycles. The second kappa shape index (κ2) is 5.45. The number of hydrogen-bond donors (Lipinski definition) is 1. The lowest BCUT2D eigenvalue weighted by atomic mass is 9.99. The lowest BCUT2D eigenvalue weighted by Crippen LogP contribution is -2.00. The molecular formula is C16H14N3O+. The molecule has 0 bridgehead atoms. The molecule has 1 heterocycles. The Morgan fingerprint density at radius 1 is 1.05 bits per heavy atom. The van der Waals surface area contributed by atoms with Crippen molar-refractivity contribution in [2.45, 2.75) is 0 Å². The van der Waals surface area contributed by atoms with E-state index in [1.54, 1.807) is 0 Å². The SMILES string of the molecule is N[N+]#Cc1ccccc1-c1ccc(C2=NCCO2)cc1. The second-order valence-electron chi connectivity index (χ2n) is 4.40. The van der Waals surface area contributed by atoms with E-state index in [0.29, 0.717) is 6.61 Å². The molecule has 0 aromatic heterocycles. The van der Waals surface area contributed by atoms with Crippen LogP contribution in [0.15, 0.2) is 53.5 Å². The molecular weight excluding hydrogens is 250 g/mol. The van der Waals surface area contributed by atoms with Crippen LogP contribution in [0.3, 0.4) is 0 Å². The Hall–Kier alpha value is -2.80. The van der Waals surface area contributed by atoms with Gasteiger partial charge in [0.1, 0.15) is 12.2 Å². The van der Waals surface area contributed by atoms with E-state index in [1.165, 1.54) is 0 Å². The van der Waals surface area contributed by atoms with Crippen molar-refractivity contribution in [1.29, 1.82) is 0 Å². The molecule has 0 fully saturated rings. The van der Waals surface area contributed by atoms with Gasteiger partial charge in [-0.2, -0.15) is 0 Å². The molecule has 2 N–H and O–H groups in total. The molecule has 0 saturated carbocycles. The number of nitrogens with two attached hydrogens (primary N) is 1. The number of aliphatic imine (C=N–C) groups is 1. The van der Waals surface area contributed by atoms with E-state index in [2.05, 4.69) is 16.0 Å². The van der Waals surface area contributed by atoms with E-state index in [-0.39, 0.29) is 0 Å². The van der Waals surface area contributed by atoms with Crippen molar-refractivity contribution in [1.82, 2.24) is 0 Å². The van der Waals surface area contributed by atoms with Crippen LogP contribution in [0.25, 0.3) is 16.1 Å². The van der Waals surface area contributed by atoms with Crippen LogP contribution < -0.4 is 5.84 Å². The van der Waals surface area contributed by atoms with Gasteiger partial charge in [-0.05, 0) is 23.8 Å². The smallest absolute Gasteiger partial charge is 0.357 e. The van der Waals surface area contributed by atoms with Crippen molar-refractivity contribution in [2.75, 3.05) is 13.2 Å². The molecule has 1 aliphatic heterocycles. The van der Waals surface area contributed by atoms with Gasteiger partial charge in [0.05, 0.1) is 11.5 Å². The van der Waals surface area contributed by atoms with Crippen molar-refractivity contribution in [3.05, 3.63) is 64.6 Å². The fourth-order valence-electron chi connectivity index (χ4n) is 2.20. The highest BCUT2D eigenvalue weighted by Gasteiger charge is 2.11. The molecule has 0 radical (unpaired) electrons. The van der Waals surface area contributed by atoms with Crippen LogP contribution >= 0.6 is 0 Å². The summed E-state index contributed by atoms with van der Waals surface area (Å²) in [5.41, 5.74) is 4.00. The summed E-state index contributed by atoms with van der Waals surface area (Å²) in [5, 5.41) is 0. The van der Waals surface area contributed by atoms with Gasteiger partial charge in [-0.3, -0.25) is 0 Å². The van der Waals surface area contributed by atoms with Gasteiger partial charge in [0.15, 0.2) is 0 Å². The van der Waals surface area contributed by atoms with Gasteiger partial charge in [0, 0.05) is 11.1 Å². The molecule has 0 spiro atoms. The topological polar surface area (TPSA) is 52.0 Å². The van der Waals surface area contributed by atoms with E-state index < -0.39 is 0 Å². The van der Waals surface area contributed by atoms with Crippen LogP contribution in [0.2, 0.25) is 0 Å². The molecule has 0 unspecified atom stereocenters. The van der Waals surface area contributed by atoms with Gasteiger partial charge in [0.2, 0.25) is 5.90 Å². The van der Waals surface area contributed by atoms with E-state index in [1.807, 2.05) is 48.5 Å². The van der Waals surface area contributed by atoms with Crippen LogP contribution in [0, 0.1) is 6.07 Å². The summed E-state index contributed by atoms with van der Waals surface area (Å²) in [6.45, 7) is 1.41. The Bertz CT molecular complexity index is 708. The Balaban J connectivity index is 1.96. The minimum absolute atomic E-state index is 0.668. The third kappa shape index (κ3) is 2.34. The highest BCUT2D eigenvalue weighted by Crippen LogP contribution is 2.24. The van der Waals surface area contributed by atoms with E-state index in [4.69, 9.17) is 10.6 Å². The second-order valence-corrected chi connectivity index (χ2v) is 4.40. The highest BCUT2D eigenvalue weighted by atomic mass is 16.5. The molecule has 0 amide bonds. The minimum atomic E-state index is 0.668. The van der Waals surface area contributed by atoms with Crippen molar-refractivity contribution < 1.29 is 4.74 Å². The predicted octanol–water partition coefficient (Wildman–Crippen LogP) is 2.69. The number of nitrogens with zero attached hydrogens (tertiary/aromatic N) is 2. The first-order valence-corrected chi connectivity index (χ1v) is 6.41. The first-order valence-electron chi connectivity index (χ1n) is 6.41. The standard InChI is InChI=1S/C16H14N3O/c17-19-11-14-3-1-2-4-15(14)12-5-7-13(8-6-12)16-18-9-10-20-16/h1-8H,9-10,17H2/q+1. The third-order valence-corrected chi connectivity index (χ3v) is 3.14. The molecule has 20 heavy (non-hydrogen) atoms. The van der Waals surface area contributed by atoms with Gasteiger partial charge in [-0.25, -0.2) is 4.99 Å². The largest absolute Gasteiger partial charge is 0.476 e. The number of hydrogen-bond acceptors (Lipinski definition) is 3. The van der Waals surface area contributed by atoms with E-state index >= 15 is 0 Å². The van der Waals surface area contributed by atoms with E-state index in [9.17, 15) is 0 Å². The van der Waals surface area contributed by atoms with Gasteiger partial charge >= 0.3 is 6.07 Å². The van der Waals surface area contributed by atoms with Gasteiger partial charge in [-0.1, -0.05) is 36.2 Å². The average molecular weight is 264 g/mol. The van der Waals surface area contributed by atoms with Crippen LogP contribution in [0.4, 0.5) is 0 Å². The van der Waals surface area contributed by atoms with Crippen molar-refractivity contribution in [3.63, 3.8) is 0 Å². The van der Waals surface area contributed by atoms with Crippen molar-refractivity contribution >= 4 is 5.90 Å². The summed E-state index contributed by atoms with van der Waals surface area (Å²) < 4.78 is 5.45. The summed E-state index contributed by atoms with van der Waals surface area (Å²) in [7, 11) is 0. The van der Waals surface area contributed by atoms with Crippen LogP contribution in [0.5, 0.6) is 0 Å². The van der Waals surface area contributed by atoms with Crippen LogP contribution in [-0.4, -0.2) is 19.0 Å². The summed E-state index contributed by atoms with van der Waals surface area (Å²) in [6.07, 6.45) is 0. The molecule has 1 aliphatic rings. The normalized spacial score (nSPS) is 13.1. The first-order chi connectivity index (χ1) is 9.88. The predicted molar refractivity (Wildman–Crippen MR) is 79.8 cm³/mol. The molecule has 2 aromatic carbocycles. The van der Waals surface area contributed by atoms with E-state index in [0.717, 1.165) is 34.7 Å². The Labute approximate surface area is 117 Å². The first kappa shape index (κ1) is 12.2. The Morgan fingerprint density at radius 2 is 1.80 bits per heavy atom. The zero-order valence-corrected chi connectivity index (χ0v) is 10.9. The fraction of sp³-hybridized carbons (Fsp3) is 0.125. The molecule has 4 nitrogen and oxygen atoms in total. The fourth-order valence-corrected chi connectivity index (χ4v) is 2.20. The highest BCUT2D eigenvalue weighted by molar-refractivity contribution is 5.95. The summed E-state index contributed by atoms with van der Waals surface area (Å²) in [4.78, 5) is 7.79. The van der Waals surface area contributed by atoms with Gasteiger partial charge in [0.25, 0.3) is 0 Å². The van der Waals surface area contributed by atoms with Crippen molar-refractivity contribution in [2.24, 2.45) is 10.8 Å². The summed E-state index contributed by atoms with van der Waals surface area (Å²) in [5.74, 6) is 5.92. The minimum Gasteiger partial charge on any atom is -0.476 e. The maximum Gasteiger partial charge on any atom is 0.357 e. The zero-order valence-electron chi connectivity index (χ0n) is 10.9. The van der Waals surface area contributed by atoms with Crippen LogP contribution in [0.1, 0.15) is 11.1 Å².